The van der Waals surface area contributed by atoms with E-state index in [9.17, 15) is 9.18 Å². The predicted octanol–water partition coefficient (Wildman–Crippen LogP) is 3.13. The van der Waals surface area contributed by atoms with Gasteiger partial charge >= 0.3 is 0 Å². The summed E-state index contributed by atoms with van der Waals surface area (Å²) in [7, 11) is 0. The molecule has 0 radical (unpaired) electrons. The number of amides is 1. The molecule has 0 bridgehead atoms. The van der Waals surface area contributed by atoms with Gasteiger partial charge < -0.3 is 25.4 Å². The van der Waals surface area contributed by atoms with Crippen molar-refractivity contribution >= 4 is 34.9 Å². The predicted molar refractivity (Wildman–Crippen MR) is 140 cm³/mol. The van der Waals surface area contributed by atoms with Gasteiger partial charge in [0.15, 0.2) is 0 Å². The van der Waals surface area contributed by atoms with Gasteiger partial charge in [-0.1, -0.05) is 54.6 Å². The molecule has 0 aromatic heterocycles. The average Bonchev–Trinajstić information content (AvgIpc) is 3.06. The Balaban J connectivity index is 1.44. The van der Waals surface area contributed by atoms with Crippen LogP contribution in [0.15, 0.2) is 82.8 Å². The molecule has 9 nitrogen and oxygen atoms in total. The zero-order chi connectivity index (χ0) is 25.8. The summed E-state index contributed by atoms with van der Waals surface area (Å²) in [6.45, 7) is 2.55. The van der Waals surface area contributed by atoms with Crippen molar-refractivity contribution in [1.82, 2.24) is 0 Å². The number of morpholine rings is 1. The first-order chi connectivity index (χ1) is 18.0. The molecule has 4 N–H and O–H groups in total. The number of benzodiazepines with no additional fused rings is 1. The van der Waals surface area contributed by atoms with E-state index in [1.54, 1.807) is 24.3 Å². The highest BCUT2D eigenvalue weighted by Gasteiger charge is 2.28. The Kier molecular flexibility index (Phi) is 6.91. The number of nitrogens with zero attached hydrogens (tertiary/aromatic N) is 3. The summed E-state index contributed by atoms with van der Waals surface area (Å²) >= 11 is 0. The molecule has 5 rings (SSSR count). The molecule has 10 heteroatoms. The summed E-state index contributed by atoms with van der Waals surface area (Å²) in [5.41, 5.74) is 8.86. The highest BCUT2D eigenvalue weighted by atomic mass is 19.1. The minimum absolute atomic E-state index is 0.0134. The Morgan fingerprint density at radius 3 is 2.59 bits per heavy atom. The molecule has 2 aliphatic rings. The van der Waals surface area contributed by atoms with Gasteiger partial charge in [-0.15, -0.1) is 0 Å². The third-order valence-electron chi connectivity index (χ3n) is 6.01. The standard InChI is InChI=1S/C27H25FN6O3/c28-20-11-6-10-19-22(17-7-2-1-3-8-17)31-25(26(35)32-23(19)20)33-27(30)37-24(29)18-9-4-5-12-21(18)34-13-15-36-16-14-34/h1-12,25,29H,13-16H2,(H2,30,33)(H,32,35). The van der Waals surface area contributed by atoms with Gasteiger partial charge in [-0.2, -0.15) is 4.99 Å². The van der Waals surface area contributed by atoms with Crippen LogP contribution in [0.2, 0.25) is 0 Å². The minimum atomic E-state index is -1.36. The number of anilines is 2. The van der Waals surface area contributed by atoms with Gasteiger partial charge in [0.2, 0.25) is 12.1 Å². The zero-order valence-electron chi connectivity index (χ0n) is 19.9. The number of aliphatic imine (C=N–C) groups is 2. The number of hydrogen-bond acceptors (Lipinski definition) is 7. The Bertz CT molecular complexity index is 1390. The van der Waals surface area contributed by atoms with E-state index in [4.69, 9.17) is 20.6 Å². The number of amidine groups is 1. The normalized spacial score (nSPS) is 17.8. The van der Waals surface area contributed by atoms with Crippen LogP contribution in [0, 0.1) is 11.2 Å². The maximum Gasteiger partial charge on any atom is 0.291 e. The van der Waals surface area contributed by atoms with Gasteiger partial charge in [0.05, 0.1) is 30.2 Å². The van der Waals surface area contributed by atoms with Crippen LogP contribution in [0.4, 0.5) is 15.8 Å². The molecule has 1 saturated heterocycles. The molecule has 1 unspecified atom stereocenters. The fourth-order valence-electron chi connectivity index (χ4n) is 4.25. The van der Waals surface area contributed by atoms with Crippen LogP contribution >= 0.6 is 0 Å². The third-order valence-corrected chi connectivity index (χ3v) is 6.01. The largest absolute Gasteiger partial charge is 0.407 e. The third kappa shape index (κ3) is 5.19. The molecule has 3 aromatic rings. The number of ether oxygens (including phenoxy) is 2. The number of fused-ring (bicyclic) bond motifs is 1. The Morgan fingerprint density at radius 1 is 1.08 bits per heavy atom. The summed E-state index contributed by atoms with van der Waals surface area (Å²) in [5, 5.41) is 11.1. The molecule has 1 amide bonds. The van der Waals surface area contributed by atoms with Crippen molar-refractivity contribution in [2.75, 3.05) is 36.5 Å². The summed E-state index contributed by atoms with van der Waals surface area (Å²) in [6.07, 6.45) is -1.36. The number of carbonyl (C=O) groups excluding carboxylic acids is 1. The highest BCUT2D eigenvalue weighted by molar-refractivity contribution is 6.19. The summed E-state index contributed by atoms with van der Waals surface area (Å²) in [6, 6.07) is 20.5. The lowest BCUT2D eigenvalue weighted by Gasteiger charge is -2.30. The Morgan fingerprint density at radius 2 is 1.81 bits per heavy atom. The van der Waals surface area contributed by atoms with Crippen LogP contribution in [0.1, 0.15) is 16.7 Å². The first kappa shape index (κ1) is 24.1. The SMILES string of the molecule is N=C(OC(N)=NC1N=C(c2ccccc2)c2cccc(F)c2NC1=O)c1ccccc1N1CCOCC1. The van der Waals surface area contributed by atoms with Gasteiger partial charge in [0.25, 0.3) is 11.9 Å². The van der Waals surface area contributed by atoms with E-state index in [-0.39, 0.29) is 11.6 Å². The van der Waals surface area contributed by atoms with Gasteiger partial charge in [-0.25, -0.2) is 9.38 Å². The number of halogens is 1. The van der Waals surface area contributed by atoms with Gasteiger partial charge in [0, 0.05) is 29.9 Å². The van der Waals surface area contributed by atoms with Crippen LogP contribution in [-0.2, 0) is 14.3 Å². The first-order valence-electron chi connectivity index (χ1n) is 11.8. The molecule has 0 spiro atoms. The van der Waals surface area contributed by atoms with E-state index in [2.05, 4.69) is 20.2 Å². The zero-order valence-corrected chi connectivity index (χ0v) is 19.9. The van der Waals surface area contributed by atoms with Gasteiger partial charge in [0.1, 0.15) is 5.82 Å². The molecule has 37 heavy (non-hydrogen) atoms. The highest BCUT2D eigenvalue weighted by Crippen LogP contribution is 2.27. The van der Waals surface area contributed by atoms with E-state index in [0.717, 1.165) is 5.69 Å². The fourth-order valence-corrected chi connectivity index (χ4v) is 4.25. The Labute approximate surface area is 212 Å². The maximum absolute atomic E-state index is 14.7. The lowest BCUT2D eigenvalue weighted by atomic mass is 10.0. The molecule has 188 valence electrons. The van der Waals surface area contributed by atoms with Crippen molar-refractivity contribution in [3.63, 3.8) is 0 Å². The van der Waals surface area contributed by atoms with Crippen molar-refractivity contribution in [2.24, 2.45) is 15.7 Å². The number of nitrogens with two attached hydrogens (primary N) is 1. The van der Waals surface area contributed by atoms with Gasteiger partial charge in [-0.3, -0.25) is 10.2 Å². The molecule has 0 aliphatic carbocycles. The second-order valence-corrected chi connectivity index (χ2v) is 8.38. The quantitative estimate of drug-likeness (QED) is 0.375. The lowest BCUT2D eigenvalue weighted by Crippen LogP contribution is -2.37. The summed E-state index contributed by atoms with van der Waals surface area (Å²) in [4.78, 5) is 23.8. The van der Waals surface area contributed by atoms with Crippen molar-refractivity contribution < 1.29 is 18.7 Å². The second-order valence-electron chi connectivity index (χ2n) is 8.38. The first-order valence-corrected chi connectivity index (χ1v) is 11.8. The van der Waals surface area contributed by atoms with Crippen molar-refractivity contribution in [2.45, 2.75) is 6.17 Å². The molecule has 1 fully saturated rings. The number of rotatable bonds is 4. The second kappa shape index (κ2) is 10.6. The number of hydrogen-bond donors (Lipinski definition) is 3. The van der Waals surface area contributed by atoms with Crippen LogP contribution in [-0.4, -0.2) is 56.0 Å². The summed E-state index contributed by atoms with van der Waals surface area (Å²) in [5.74, 6) is -1.49. The van der Waals surface area contributed by atoms with E-state index in [1.165, 1.54) is 6.07 Å². The molecule has 0 saturated carbocycles. The Hall–Kier alpha value is -4.57. The van der Waals surface area contributed by atoms with Crippen molar-refractivity contribution in [1.29, 1.82) is 5.41 Å². The monoisotopic (exact) mass is 500 g/mol. The average molecular weight is 501 g/mol. The van der Waals surface area contributed by atoms with E-state index in [1.807, 2.05) is 42.5 Å². The number of carbonyl (C=O) groups is 1. The number of benzene rings is 3. The van der Waals surface area contributed by atoms with Crippen molar-refractivity contribution in [3.05, 3.63) is 95.3 Å². The maximum atomic E-state index is 14.7. The van der Waals surface area contributed by atoms with E-state index in [0.29, 0.717) is 48.7 Å². The summed E-state index contributed by atoms with van der Waals surface area (Å²) < 4.78 is 25.6. The fraction of sp³-hybridized carbons (Fsp3) is 0.185. The molecular formula is C27H25FN6O3. The van der Waals surface area contributed by atoms with Crippen LogP contribution in [0.25, 0.3) is 0 Å². The topological polar surface area (TPSA) is 125 Å². The van der Waals surface area contributed by atoms with Crippen LogP contribution in [0.3, 0.4) is 0 Å². The molecule has 2 heterocycles. The molecular weight excluding hydrogens is 475 g/mol. The number of para-hydroxylation sites is 2. The van der Waals surface area contributed by atoms with E-state index >= 15 is 0 Å². The van der Waals surface area contributed by atoms with Gasteiger partial charge in [-0.05, 0) is 18.2 Å². The van der Waals surface area contributed by atoms with Crippen LogP contribution in [0.5, 0.6) is 0 Å². The molecule has 1 atom stereocenters. The molecule has 2 aliphatic heterocycles. The minimum Gasteiger partial charge on any atom is -0.407 e. The van der Waals surface area contributed by atoms with Crippen LogP contribution < -0.4 is 16.0 Å². The molecule has 3 aromatic carbocycles. The van der Waals surface area contributed by atoms with Crippen molar-refractivity contribution in [3.8, 4) is 0 Å². The lowest BCUT2D eigenvalue weighted by molar-refractivity contribution is -0.117. The van der Waals surface area contributed by atoms with E-state index < -0.39 is 23.9 Å². The number of nitrogens with one attached hydrogen (secondary N) is 2. The smallest absolute Gasteiger partial charge is 0.291 e.